The van der Waals surface area contributed by atoms with E-state index in [9.17, 15) is 14.4 Å². The van der Waals surface area contributed by atoms with Crippen molar-refractivity contribution in [1.29, 1.82) is 0 Å². The molecule has 7 nitrogen and oxygen atoms in total. The Morgan fingerprint density at radius 1 is 1.25 bits per heavy atom. The average molecular weight is 399 g/mol. The third-order valence-corrected chi connectivity index (χ3v) is 5.70. The van der Waals surface area contributed by atoms with Crippen molar-refractivity contribution in [2.75, 3.05) is 11.9 Å². The summed E-state index contributed by atoms with van der Waals surface area (Å²) >= 11 is 1.35. The first kappa shape index (κ1) is 19.8. The van der Waals surface area contributed by atoms with Crippen LogP contribution in [0.5, 0.6) is 0 Å². The first-order valence-corrected chi connectivity index (χ1v) is 9.81. The van der Waals surface area contributed by atoms with Crippen LogP contribution >= 0.6 is 11.3 Å². The molecule has 146 valence electrons. The first-order chi connectivity index (χ1) is 13.5. The quantitative estimate of drug-likeness (QED) is 0.643. The van der Waals surface area contributed by atoms with E-state index in [1.54, 1.807) is 31.2 Å². The number of hydrogen-bond donors (Lipinski definition) is 1. The lowest BCUT2D eigenvalue weighted by Gasteiger charge is -2.09. The summed E-state index contributed by atoms with van der Waals surface area (Å²) in [6.45, 7) is 5.62. The monoisotopic (exact) mass is 399 g/mol. The Balaban J connectivity index is 1.87. The highest BCUT2D eigenvalue weighted by molar-refractivity contribution is 7.17. The number of fused-ring (bicyclic) bond motifs is 1. The van der Waals surface area contributed by atoms with Crippen LogP contribution in [0.15, 0.2) is 35.4 Å². The molecule has 0 aliphatic carbocycles. The number of esters is 1. The van der Waals surface area contributed by atoms with E-state index in [4.69, 9.17) is 4.74 Å². The second-order valence-electron chi connectivity index (χ2n) is 6.17. The molecule has 1 aromatic carbocycles. The molecule has 3 rings (SSSR count). The smallest absolute Gasteiger partial charge is 0.341 e. The highest BCUT2D eigenvalue weighted by atomic mass is 32.1. The van der Waals surface area contributed by atoms with Crippen LogP contribution in [0.1, 0.15) is 34.6 Å². The zero-order valence-electron chi connectivity index (χ0n) is 15.9. The minimum absolute atomic E-state index is 0.197. The van der Waals surface area contributed by atoms with Gasteiger partial charge in [0, 0.05) is 4.88 Å². The van der Waals surface area contributed by atoms with E-state index in [0.717, 1.165) is 16.9 Å². The second-order valence-corrected chi connectivity index (χ2v) is 7.28. The van der Waals surface area contributed by atoms with Gasteiger partial charge in [0.2, 0.25) is 5.91 Å². The first-order valence-electron chi connectivity index (χ1n) is 8.99. The molecule has 8 heteroatoms. The largest absolute Gasteiger partial charge is 0.462 e. The van der Waals surface area contributed by atoms with Crippen LogP contribution in [0.25, 0.3) is 10.9 Å². The molecule has 0 saturated carbocycles. The van der Waals surface area contributed by atoms with E-state index in [1.807, 2.05) is 13.8 Å². The molecule has 2 aromatic heterocycles. The lowest BCUT2D eigenvalue weighted by atomic mass is 10.1. The predicted octanol–water partition coefficient (Wildman–Crippen LogP) is 3.14. The van der Waals surface area contributed by atoms with Crippen molar-refractivity contribution >= 4 is 39.1 Å². The summed E-state index contributed by atoms with van der Waals surface area (Å²) in [5, 5.41) is 3.65. The maximum absolute atomic E-state index is 12.6. The summed E-state index contributed by atoms with van der Waals surface area (Å²) < 4.78 is 6.38. The number of ether oxygens (including phenoxy) is 1. The number of anilines is 1. The highest BCUT2D eigenvalue weighted by Gasteiger charge is 2.23. The van der Waals surface area contributed by atoms with Gasteiger partial charge >= 0.3 is 5.97 Å². The SMILES string of the molecule is CCOC(=O)c1c(NC(=O)Cn2cnc3ccccc3c2=O)sc(CC)c1C. The number of carbonyl (C=O) groups excluding carboxylic acids is 2. The summed E-state index contributed by atoms with van der Waals surface area (Å²) in [6.07, 6.45) is 2.10. The van der Waals surface area contributed by atoms with E-state index in [-0.39, 0.29) is 18.7 Å². The maximum Gasteiger partial charge on any atom is 0.341 e. The summed E-state index contributed by atoms with van der Waals surface area (Å²) in [6, 6.07) is 6.97. The number of aryl methyl sites for hydroxylation is 1. The fraction of sp³-hybridized carbons (Fsp3) is 0.300. The number of amides is 1. The Morgan fingerprint density at radius 2 is 2.00 bits per heavy atom. The van der Waals surface area contributed by atoms with Crippen LogP contribution in [0.2, 0.25) is 0 Å². The van der Waals surface area contributed by atoms with E-state index in [2.05, 4.69) is 10.3 Å². The molecule has 0 fully saturated rings. The molecule has 0 bridgehead atoms. The molecule has 1 amide bonds. The summed E-state index contributed by atoms with van der Waals surface area (Å²) in [5.74, 6) is -0.871. The van der Waals surface area contributed by atoms with Gasteiger partial charge in [0.15, 0.2) is 0 Å². The highest BCUT2D eigenvalue weighted by Crippen LogP contribution is 2.34. The molecule has 0 unspecified atom stereocenters. The second kappa shape index (κ2) is 8.35. The van der Waals surface area contributed by atoms with Crippen LogP contribution < -0.4 is 10.9 Å². The van der Waals surface area contributed by atoms with E-state index < -0.39 is 11.9 Å². The van der Waals surface area contributed by atoms with Gasteiger partial charge in [0.1, 0.15) is 11.5 Å². The zero-order chi connectivity index (χ0) is 20.3. The fourth-order valence-electron chi connectivity index (χ4n) is 2.97. The number of aromatic nitrogens is 2. The number of thiophene rings is 1. The molecule has 0 radical (unpaired) electrons. The van der Waals surface area contributed by atoms with Crippen molar-refractivity contribution in [3.8, 4) is 0 Å². The van der Waals surface area contributed by atoms with Crippen LogP contribution in [0.4, 0.5) is 5.00 Å². The summed E-state index contributed by atoms with van der Waals surface area (Å²) in [5.41, 5.74) is 1.48. The number of benzene rings is 1. The zero-order valence-corrected chi connectivity index (χ0v) is 16.8. The molecule has 28 heavy (non-hydrogen) atoms. The number of carbonyl (C=O) groups is 2. The Kier molecular flexibility index (Phi) is 5.89. The number of rotatable bonds is 6. The topological polar surface area (TPSA) is 90.3 Å². The van der Waals surface area contributed by atoms with Crippen molar-refractivity contribution in [3.63, 3.8) is 0 Å². The van der Waals surface area contributed by atoms with Gasteiger partial charge in [-0.15, -0.1) is 11.3 Å². The van der Waals surface area contributed by atoms with Crippen molar-refractivity contribution < 1.29 is 14.3 Å². The molecule has 2 heterocycles. The third-order valence-electron chi connectivity index (χ3n) is 4.34. The van der Waals surface area contributed by atoms with Crippen molar-refractivity contribution in [2.24, 2.45) is 0 Å². The van der Waals surface area contributed by atoms with Gasteiger partial charge in [-0.3, -0.25) is 14.2 Å². The molecule has 0 saturated heterocycles. The molecular weight excluding hydrogens is 378 g/mol. The van der Waals surface area contributed by atoms with Gasteiger partial charge in [-0.2, -0.15) is 0 Å². The van der Waals surface area contributed by atoms with E-state index >= 15 is 0 Å². The molecule has 0 aliphatic heterocycles. The fourth-order valence-corrected chi connectivity index (χ4v) is 4.12. The van der Waals surface area contributed by atoms with Crippen LogP contribution in [-0.4, -0.2) is 28.0 Å². The molecular formula is C20H21N3O4S. The maximum atomic E-state index is 12.6. The molecule has 1 N–H and O–H groups in total. The summed E-state index contributed by atoms with van der Waals surface area (Å²) in [7, 11) is 0. The van der Waals surface area contributed by atoms with Crippen molar-refractivity contribution in [2.45, 2.75) is 33.7 Å². The molecule has 0 spiro atoms. The Hall–Kier alpha value is -3.00. The number of hydrogen-bond acceptors (Lipinski definition) is 6. The van der Waals surface area contributed by atoms with Gasteiger partial charge < -0.3 is 10.1 Å². The average Bonchev–Trinajstić information content (AvgIpc) is 2.99. The Bertz CT molecular complexity index is 1100. The number of para-hydroxylation sites is 1. The third kappa shape index (κ3) is 3.82. The van der Waals surface area contributed by atoms with Crippen LogP contribution in [-0.2, 0) is 22.5 Å². The van der Waals surface area contributed by atoms with Gasteiger partial charge in [0.05, 0.1) is 29.4 Å². The van der Waals surface area contributed by atoms with Gasteiger partial charge in [-0.25, -0.2) is 9.78 Å². The minimum Gasteiger partial charge on any atom is -0.462 e. The van der Waals surface area contributed by atoms with Crippen LogP contribution in [0.3, 0.4) is 0 Å². The minimum atomic E-state index is -0.462. The molecule has 0 atom stereocenters. The Morgan fingerprint density at radius 3 is 2.71 bits per heavy atom. The van der Waals surface area contributed by atoms with Gasteiger partial charge in [-0.1, -0.05) is 19.1 Å². The lowest BCUT2D eigenvalue weighted by molar-refractivity contribution is -0.116. The normalized spacial score (nSPS) is 10.8. The number of nitrogens with zero attached hydrogens (tertiary/aromatic N) is 2. The van der Waals surface area contributed by atoms with Gasteiger partial charge in [0.25, 0.3) is 5.56 Å². The van der Waals surface area contributed by atoms with Gasteiger partial charge in [-0.05, 0) is 38.0 Å². The van der Waals surface area contributed by atoms with E-state index in [1.165, 1.54) is 22.2 Å². The van der Waals surface area contributed by atoms with Crippen molar-refractivity contribution in [1.82, 2.24) is 9.55 Å². The van der Waals surface area contributed by atoms with E-state index in [0.29, 0.717) is 21.5 Å². The predicted molar refractivity (Wildman–Crippen MR) is 109 cm³/mol. The Labute approximate surface area is 166 Å². The van der Waals surface area contributed by atoms with Crippen molar-refractivity contribution in [3.05, 3.63) is 57.0 Å². The molecule has 0 aliphatic rings. The summed E-state index contributed by atoms with van der Waals surface area (Å²) in [4.78, 5) is 42.7. The number of nitrogens with one attached hydrogen (secondary N) is 1. The standard InChI is InChI=1S/C20H21N3O4S/c1-4-15-12(3)17(20(26)27-5-2)18(28-15)22-16(24)10-23-11-21-14-9-7-6-8-13(14)19(23)25/h6-9,11H,4-5,10H2,1-3H3,(H,22,24). The lowest BCUT2D eigenvalue weighted by Crippen LogP contribution is -2.28. The molecule has 3 aromatic rings. The van der Waals surface area contributed by atoms with Crippen LogP contribution in [0, 0.1) is 6.92 Å².